The highest BCUT2D eigenvalue weighted by atomic mass is 32.2. The van der Waals surface area contributed by atoms with Crippen LogP contribution in [0, 0.1) is 13.8 Å². The van der Waals surface area contributed by atoms with Gasteiger partial charge in [-0.15, -0.1) is 11.8 Å². The van der Waals surface area contributed by atoms with E-state index in [4.69, 9.17) is 0 Å². The van der Waals surface area contributed by atoms with E-state index in [0.717, 1.165) is 10.5 Å². The van der Waals surface area contributed by atoms with Crippen LogP contribution in [0.25, 0.3) is 0 Å². The van der Waals surface area contributed by atoms with Gasteiger partial charge in [-0.2, -0.15) is 0 Å². The van der Waals surface area contributed by atoms with E-state index < -0.39 is 0 Å². The molecule has 0 aromatic heterocycles. The minimum absolute atomic E-state index is 0.0593. The number of nitrogens with one attached hydrogen (secondary N) is 1. The third-order valence-corrected chi connectivity index (χ3v) is 5.01. The zero-order chi connectivity index (χ0) is 17.7. The predicted octanol–water partition coefficient (Wildman–Crippen LogP) is 4.48. The monoisotopic (exact) mass is 341 g/mol. The summed E-state index contributed by atoms with van der Waals surface area (Å²) < 4.78 is 0. The largest absolute Gasteiger partial charge is 0.350 e. The first kappa shape index (κ1) is 18.3. The molecule has 0 spiro atoms. The van der Waals surface area contributed by atoms with Crippen LogP contribution in [0.2, 0.25) is 0 Å². The molecule has 0 bridgehead atoms. The fraction of sp³-hybridized carbons (Fsp3) is 0.300. The van der Waals surface area contributed by atoms with Crippen LogP contribution in [0.3, 0.4) is 0 Å². The third kappa shape index (κ3) is 4.96. The highest BCUT2D eigenvalue weighted by Crippen LogP contribution is 2.24. The van der Waals surface area contributed by atoms with Gasteiger partial charge in [0.25, 0.3) is 0 Å². The van der Waals surface area contributed by atoms with Gasteiger partial charge in [0.15, 0.2) is 5.78 Å². The number of ketones is 1. The summed E-state index contributed by atoms with van der Waals surface area (Å²) in [7, 11) is 0. The molecule has 0 unspecified atom stereocenters. The predicted molar refractivity (Wildman–Crippen MR) is 99.6 cm³/mol. The molecule has 3 nitrogen and oxygen atoms in total. The molecule has 2 aromatic carbocycles. The van der Waals surface area contributed by atoms with Crippen molar-refractivity contribution in [1.82, 2.24) is 5.32 Å². The summed E-state index contributed by atoms with van der Waals surface area (Å²) in [5.74, 6) is 0.470. The van der Waals surface area contributed by atoms with Gasteiger partial charge in [0.1, 0.15) is 0 Å². The van der Waals surface area contributed by atoms with E-state index >= 15 is 0 Å². The second-order valence-corrected chi connectivity index (χ2v) is 7.04. The van der Waals surface area contributed by atoms with Gasteiger partial charge in [0, 0.05) is 17.4 Å². The smallest absolute Gasteiger partial charge is 0.217 e. The normalized spacial score (nSPS) is 11.8. The van der Waals surface area contributed by atoms with Gasteiger partial charge >= 0.3 is 0 Å². The molecule has 1 N–H and O–H groups in total. The average Bonchev–Trinajstić information content (AvgIpc) is 2.55. The second kappa shape index (κ2) is 8.15. The van der Waals surface area contributed by atoms with Gasteiger partial charge in [-0.05, 0) is 38.0 Å². The van der Waals surface area contributed by atoms with Crippen molar-refractivity contribution in [3.63, 3.8) is 0 Å². The number of amides is 1. The molecule has 24 heavy (non-hydrogen) atoms. The van der Waals surface area contributed by atoms with Gasteiger partial charge in [-0.25, -0.2) is 0 Å². The van der Waals surface area contributed by atoms with Crippen molar-refractivity contribution < 1.29 is 9.59 Å². The molecular weight excluding hydrogens is 318 g/mol. The lowest BCUT2D eigenvalue weighted by Crippen LogP contribution is -2.23. The maximum absolute atomic E-state index is 12.4. The molecule has 0 saturated heterocycles. The molecule has 0 aliphatic rings. The van der Waals surface area contributed by atoms with E-state index in [0.29, 0.717) is 11.3 Å². The molecule has 2 aromatic rings. The number of carbonyl (C=O) groups excluding carboxylic acids is 2. The number of Topliss-reactive ketones (excluding diaryl/α,β-unsaturated/α-hetero) is 1. The van der Waals surface area contributed by atoms with Gasteiger partial charge < -0.3 is 5.32 Å². The molecule has 0 aliphatic carbocycles. The first-order chi connectivity index (χ1) is 11.4. The lowest BCUT2D eigenvalue weighted by Gasteiger charge is -2.13. The minimum atomic E-state index is -0.0624. The maximum Gasteiger partial charge on any atom is 0.217 e. The second-order valence-electron chi connectivity index (χ2n) is 6.03. The fourth-order valence-electron chi connectivity index (χ4n) is 2.44. The molecule has 0 saturated carbocycles. The molecule has 2 rings (SSSR count). The maximum atomic E-state index is 12.4. The Morgan fingerprint density at radius 3 is 2.38 bits per heavy atom. The Kier molecular flexibility index (Phi) is 6.21. The average molecular weight is 341 g/mol. The topological polar surface area (TPSA) is 46.2 Å². The summed E-state index contributed by atoms with van der Waals surface area (Å²) in [5, 5.41) is 2.84. The molecule has 0 fully saturated rings. The number of carbonyl (C=O) groups is 2. The molecule has 1 amide bonds. The first-order valence-electron chi connectivity index (χ1n) is 7.97. The van der Waals surface area contributed by atoms with E-state index in [9.17, 15) is 9.59 Å². The Balaban J connectivity index is 2.00. The zero-order valence-electron chi connectivity index (χ0n) is 14.6. The first-order valence-corrected chi connectivity index (χ1v) is 8.95. The van der Waals surface area contributed by atoms with E-state index in [-0.39, 0.29) is 17.7 Å². The number of rotatable bonds is 6. The van der Waals surface area contributed by atoms with Gasteiger partial charge in [-0.3, -0.25) is 9.59 Å². The van der Waals surface area contributed by atoms with Crippen molar-refractivity contribution in [3.05, 3.63) is 64.7 Å². The summed E-state index contributed by atoms with van der Waals surface area (Å²) in [6.07, 6.45) is 0. The van der Waals surface area contributed by atoms with Crippen molar-refractivity contribution in [1.29, 1.82) is 0 Å². The van der Waals surface area contributed by atoms with Crippen LogP contribution in [0.15, 0.2) is 47.4 Å². The van der Waals surface area contributed by atoms with Crippen molar-refractivity contribution in [2.45, 2.75) is 38.6 Å². The quantitative estimate of drug-likeness (QED) is 0.622. The van der Waals surface area contributed by atoms with Crippen LogP contribution in [-0.4, -0.2) is 17.4 Å². The summed E-state index contributed by atoms with van der Waals surface area (Å²) in [6.45, 7) is 7.54. The Bertz CT molecular complexity index is 738. The number of hydrogen-bond acceptors (Lipinski definition) is 3. The van der Waals surface area contributed by atoms with E-state index in [1.807, 2.05) is 31.2 Å². The molecule has 4 heteroatoms. The number of thioether (sulfide) groups is 1. The van der Waals surface area contributed by atoms with Crippen LogP contribution in [0.5, 0.6) is 0 Å². The van der Waals surface area contributed by atoms with E-state index in [2.05, 4.69) is 37.4 Å². The Hall–Kier alpha value is -2.07. The number of benzene rings is 2. The number of hydrogen-bond donors (Lipinski definition) is 1. The van der Waals surface area contributed by atoms with Crippen molar-refractivity contribution in [2.24, 2.45) is 0 Å². The molecule has 126 valence electrons. The Morgan fingerprint density at radius 1 is 1.08 bits per heavy atom. The van der Waals surface area contributed by atoms with Crippen LogP contribution in [0.1, 0.15) is 46.9 Å². The highest BCUT2D eigenvalue weighted by molar-refractivity contribution is 8.00. The van der Waals surface area contributed by atoms with Crippen molar-refractivity contribution in [3.8, 4) is 0 Å². The minimum Gasteiger partial charge on any atom is -0.350 e. The molecular formula is C20H23NO2S. The Morgan fingerprint density at radius 2 is 1.75 bits per heavy atom. The van der Waals surface area contributed by atoms with Crippen LogP contribution < -0.4 is 5.32 Å². The van der Waals surface area contributed by atoms with Crippen LogP contribution >= 0.6 is 11.8 Å². The summed E-state index contributed by atoms with van der Waals surface area (Å²) in [5.41, 5.74) is 4.08. The van der Waals surface area contributed by atoms with E-state index in [1.54, 1.807) is 11.8 Å². The standard InChI is InChI=1S/C20H23NO2S/c1-13-5-6-14(2)20(11-13)24-12-19(23)18-9-7-17(8-10-18)15(3)21-16(4)22/h5-11,15H,12H2,1-4H3,(H,21,22)/t15-/m0/s1. The summed E-state index contributed by atoms with van der Waals surface area (Å²) in [4.78, 5) is 24.6. The molecule has 0 radical (unpaired) electrons. The third-order valence-electron chi connectivity index (χ3n) is 3.85. The highest BCUT2D eigenvalue weighted by Gasteiger charge is 2.10. The molecule has 0 heterocycles. The Labute approximate surface area is 147 Å². The zero-order valence-corrected chi connectivity index (χ0v) is 15.4. The molecule has 1 atom stereocenters. The molecule has 0 aliphatic heterocycles. The van der Waals surface area contributed by atoms with Gasteiger partial charge in [0.05, 0.1) is 11.8 Å². The van der Waals surface area contributed by atoms with Crippen LogP contribution in [-0.2, 0) is 4.79 Å². The summed E-state index contributed by atoms with van der Waals surface area (Å²) >= 11 is 1.58. The van der Waals surface area contributed by atoms with E-state index in [1.165, 1.54) is 18.1 Å². The lowest BCUT2D eigenvalue weighted by atomic mass is 10.0. The van der Waals surface area contributed by atoms with Gasteiger partial charge in [-0.1, -0.05) is 42.0 Å². The van der Waals surface area contributed by atoms with Gasteiger partial charge in [0.2, 0.25) is 5.91 Å². The fourth-order valence-corrected chi connectivity index (χ4v) is 3.45. The van der Waals surface area contributed by atoms with Crippen molar-refractivity contribution in [2.75, 3.05) is 5.75 Å². The SMILES string of the molecule is CC(=O)N[C@@H](C)c1ccc(C(=O)CSc2cc(C)ccc2C)cc1. The van der Waals surface area contributed by atoms with Crippen molar-refractivity contribution >= 4 is 23.5 Å². The lowest BCUT2D eigenvalue weighted by molar-refractivity contribution is -0.119. The van der Waals surface area contributed by atoms with Crippen LogP contribution in [0.4, 0.5) is 0 Å². The summed E-state index contributed by atoms with van der Waals surface area (Å²) in [6, 6.07) is 13.7. The number of aryl methyl sites for hydroxylation is 2.